The predicted octanol–water partition coefficient (Wildman–Crippen LogP) is 2.62. The molecule has 0 aliphatic rings. The number of amides is 1. The number of ether oxygens (including phenoxy) is 2. The smallest absolute Gasteiger partial charge is 0.260 e. The van der Waals surface area contributed by atoms with Crippen LogP contribution in [-0.4, -0.2) is 25.7 Å². The van der Waals surface area contributed by atoms with E-state index in [1.807, 2.05) is 12.1 Å². The van der Waals surface area contributed by atoms with Gasteiger partial charge in [0.2, 0.25) is 0 Å². The monoisotopic (exact) mass is 265 g/mol. The van der Waals surface area contributed by atoms with Crippen LogP contribution in [0.1, 0.15) is 27.2 Å². The summed E-state index contributed by atoms with van der Waals surface area (Å²) in [5.41, 5.74) is 0. The Labute approximate surface area is 115 Å². The molecule has 0 aliphatic carbocycles. The van der Waals surface area contributed by atoms with Crippen LogP contribution in [0.25, 0.3) is 0 Å². The Kier molecular flexibility index (Phi) is 6.19. The molecule has 0 bridgehead atoms. The topological polar surface area (TPSA) is 47.6 Å². The van der Waals surface area contributed by atoms with Gasteiger partial charge in [-0.2, -0.15) is 0 Å². The van der Waals surface area contributed by atoms with E-state index < -0.39 is 6.10 Å². The molecule has 0 heterocycles. The average Bonchev–Trinajstić information content (AvgIpc) is 2.38. The largest absolute Gasteiger partial charge is 0.493 e. The highest BCUT2D eigenvalue weighted by molar-refractivity contribution is 5.80. The summed E-state index contributed by atoms with van der Waals surface area (Å²) in [6.07, 6.45) is 0.427. The molecule has 0 aliphatic heterocycles. The van der Waals surface area contributed by atoms with Gasteiger partial charge in [0.05, 0.1) is 7.11 Å². The van der Waals surface area contributed by atoms with Crippen molar-refractivity contribution < 1.29 is 14.3 Å². The molecule has 106 valence electrons. The van der Waals surface area contributed by atoms with Crippen LogP contribution in [0, 0.1) is 5.92 Å². The second-order valence-electron chi connectivity index (χ2n) is 4.88. The minimum Gasteiger partial charge on any atom is -0.493 e. The van der Waals surface area contributed by atoms with Gasteiger partial charge in [-0.3, -0.25) is 4.79 Å². The van der Waals surface area contributed by atoms with Crippen molar-refractivity contribution >= 4 is 5.91 Å². The van der Waals surface area contributed by atoms with Crippen LogP contribution in [0.2, 0.25) is 0 Å². The van der Waals surface area contributed by atoms with E-state index in [2.05, 4.69) is 19.2 Å². The van der Waals surface area contributed by atoms with E-state index in [9.17, 15) is 4.79 Å². The van der Waals surface area contributed by atoms with Crippen LogP contribution in [0.3, 0.4) is 0 Å². The molecule has 4 heteroatoms. The first-order chi connectivity index (χ1) is 9.04. The number of para-hydroxylation sites is 2. The van der Waals surface area contributed by atoms with E-state index >= 15 is 0 Å². The lowest BCUT2D eigenvalue weighted by Crippen LogP contribution is -2.37. The molecule has 4 nitrogen and oxygen atoms in total. The summed E-state index contributed by atoms with van der Waals surface area (Å²) in [6, 6.07) is 7.30. The maximum absolute atomic E-state index is 11.9. The van der Waals surface area contributed by atoms with Crippen LogP contribution in [0.5, 0.6) is 11.5 Å². The Morgan fingerprint density at radius 2 is 1.84 bits per heavy atom. The van der Waals surface area contributed by atoms with Crippen LogP contribution < -0.4 is 14.8 Å². The first-order valence-electron chi connectivity index (χ1n) is 6.62. The zero-order valence-corrected chi connectivity index (χ0v) is 12.1. The maximum atomic E-state index is 11.9. The fraction of sp³-hybridized carbons (Fsp3) is 0.533. The van der Waals surface area contributed by atoms with E-state index in [0.717, 1.165) is 6.42 Å². The van der Waals surface area contributed by atoms with Gasteiger partial charge in [0.15, 0.2) is 17.6 Å². The molecule has 19 heavy (non-hydrogen) atoms. The van der Waals surface area contributed by atoms with E-state index in [-0.39, 0.29) is 5.91 Å². The van der Waals surface area contributed by atoms with Gasteiger partial charge in [0, 0.05) is 6.54 Å². The summed E-state index contributed by atoms with van der Waals surface area (Å²) in [7, 11) is 1.58. The molecule has 1 aromatic carbocycles. The van der Waals surface area contributed by atoms with E-state index in [1.165, 1.54) is 0 Å². The standard InChI is InChI=1S/C15H23NO3/c1-11(2)9-10-16-15(17)12(3)19-14-8-6-5-7-13(14)18-4/h5-8,11-12H,9-10H2,1-4H3,(H,16,17)/t12-/m0/s1. The van der Waals surface area contributed by atoms with Gasteiger partial charge in [0.1, 0.15) is 0 Å². The second-order valence-corrected chi connectivity index (χ2v) is 4.88. The number of hydrogen-bond acceptors (Lipinski definition) is 3. The highest BCUT2D eigenvalue weighted by Gasteiger charge is 2.16. The lowest BCUT2D eigenvalue weighted by molar-refractivity contribution is -0.127. The summed E-state index contributed by atoms with van der Waals surface area (Å²) < 4.78 is 10.8. The van der Waals surface area contributed by atoms with Crippen molar-refractivity contribution in [3.05, 3.63) is 24.3 Å². The van der Waals surface area contributed by atoms with Crippen molar-refractivity contribution in [3.8, 4) is 11.5 Å². The van der Waals surface area contributed by atoms with Crippen LogP contribution in [0.4, 0.5) is 0 Å². The lowest BCUT2D eigenvalue weighted by atomic mass is 10.1. The van der Waals surface area contributed by atoms with Gasteiger partial charge in [-0.15, -0.1) is 0 Å². The van der Waals surface area contributed by atoms with Crippen molar-refractivity contribution in [1.29, 1.82) is 0 Å². The average molecular weight is 265 g/mol. The lowest BCUT2D eigenvalue weighted by Gasteiger charge is -2.16. The number of methoxy groups -OCH3 is 1. The van der Waals surface area contributed by atoms with Crippen LogP contribution in [0.15, 0.2) is 24.3 Å². The quantitative estimate of drug-likeness (QED) is 0.824. The highest BCUT2D eigenvalue weighted by Crippen LogP contribution is 2.26. The Morgan fingerprint density at radius 1 is 1.21 bits per heavy atom. The van der Waals surface area contributed by atoms with Gasteiger partial charge in [-0.05, 0) is 31.4 Å². The first-order valence-corrected chi connectivity index (χ1v) is 6.62. The SMILES string of the molecule is COc1ccccc1O[C@@H](C)C(=O)NCCC(C)C. The summed E-state index contributed by atoms with van der Waals surface area (Å²) in [6.45, 7) is 6.66. The van der Waals surface area contributed by atoms with Gasteiger partial charge >= 0.3 is 0 Å². The van der Waals surface area contributed by atoms with Crippen molar-refractivity contribution in [2.75, 3.05) is 13.7 Å². The molecule has 0 saturated carbocycles. The maximum Gasteiger partial charge on any atom is 0.260 e. The Morgan fingerprint density at radius 3 is 2.42 bits per heavy atom. The Hall–Kier alpha value is -1.71. The summed E-state index contributed by atoms with van der Waals surface area (Å²) in [4.78, 5) is 11.9. The molecule has 0 fully saturated rings. The van der Waals surface area contributed by atoms with Gasteiger partial charge in [0.25, 0.3) is 5.91 Å². The normalized spacial score (nSPS) is 12.1. The molecule has 0 spiro atoms. The van der Waals surface area contributed by atoms with E-state index in [0.29, 0.717) is 24.0 Å². The third-order valence-electron chi connectivity index (χ3n) is 2.76. The number of hydrogen-bond donors (Lipinski definition) is 1. The molecule has 0 aromatic heterocycles. The Balaban J connectivity index is 2.49. The van der Waals surface area contributed by atoms with Crippen LogP contribution >= 0.6 is 0 Å². The molecule has 1 rings (SSSR count). The molecular weight excluding hydrogens is 242 g/mol. The number of carbonyl (C=O) groups excluding carboxylic acids is 1. The fourth-order valence-corrected chi connectivity index (χ4v) is 1.59. The summed E-state index contributed by atoms with van der Waals surface area (Å²) >= 11 is 0. The molecule has 1 aromatic rings. The van der Waals surface area contributed by atoms with Crippen LogP contribution in [-0.2, 0) is 4.79 Å². The minimum absolute atomic E-state index is 0.105. The van der Waals surface area contributed by atoms with E-state index in [1.54, 1.807) is 26.2 Å². The van der Waals surface area contributed by atoms with Gasteiger partial charge < -0.3 is 14.8 Å². The molecule has 0 saturated heterocycles. The highest BCUT2D eigenvalue weighted by atomic mass is 16.5. The predicted molar refractivity (Wildman–Crippen MR) is 75.5 cm³/mol. The number of carbonyl (C=O) groups is 1. The van der Waals surface area contributed by atoms with Gasteiger partial charge in [-0.25, -0.2) is 0 Å². The van der Waals surface area contributed by atoms with Crippen molar-refractivity contribution in [3.63, 3.8) is 0 Å². The fourth-order valence-electron chi connectivity index (χ4n) is 1.59. The first kappa shape index (κ1) is 15.3. The molecule has 1 atom stereocenters. The Bertz CT molecular complexity index is 404. The molecule has 0 radical (unpaired) electrons. The van der Waals surface area contributed by atoms with Crippen molar-refractivity contribution in [1.82, 2.24) is 5.32 Å². The molecule has 1 amide bonds. The number of benzene rings is 1. The van der Waals surface area contributed by atoms with Crippen molar-refractivity contribution in [2.24, 2.45) is 5.92 Å². The minimum atomic E-state index is -0.538. The zero-order chi connectivity index (χ0) is 14.3. The molecular formula is C15H23NO3. The number of rotatable bonds is 7. The molecule has 0 unspecified atom stereocenters. The van der Waals surface area contributed by atoms with Gasteiger partial charge in [-0.1, -0.05) is 26.0 Å². The number of nitrogens with one attached hydrogen (secondary N) is 1. The molecule has 1 N–H and O–H groups in total. The van der Waals surface area contributed by atoms with E-state index in [4.69, 9.17) is 9.47 Å². The third-order valence-corrected chi connectivity index (χ3v) is 2.76. The van der Waals surface area contributed by atoms with Crippen molar-refractivity contribution in [2.45, 2.75) is 33.3 Å². The summed E-state index contributed by atoms with van der Waals surface area (Å²) in [5.74, 6) is 1.68. The zero-order valence-electron chi connectivity index (χ0n) is 12.1. The summed E-state index contributed by atoms with van der Waals surface area (Å²) in [5, 5.41) is 2.87. The third kappa shape index (κ3) is 5.20. The second kappa shape index (κ2) is 7.67.